The maximum atomic E-state index is 12.2. The van der Waals surface area contributed by atoms with Crippen LogP contribution in [0.5, 0.6) is 0 Å². The molecular weight excluding hydrogens is 278 g/mol. The number of carbonyl (C=O) groups is 1. The number of hydrogen-bond acceptors (Lipinski definition) is 4. The molecule has 1 aromatic heterocycles. The fourth-order valence-corrected chi connectivity index (χ4v) is 2.44. The number of nitrogens with one attached hydrogen (secondary N) is 2. The zero-order chi connectivity index (χ0) is 13.9. The summed E-state index contributed by atoms with van der Waals surface area (Å²) in [6.07, 6.45) is 4.89. The van der Waals surface area contributed by atoms with Gasteiger partial charge in [-0.05, 0) is 37.6 Å². The Kier molecular flexibility index (Phi) is 3.66. The van der Waals surface area contributed by atoms with Crippen molar-refractivity contribution in [3.8, 4) is 5.69 Å². The second kappa shape index (κ2) is 5.60. The first-order valence-electron chi connectivity index (χ1n) is 6.43. The number of amides is 1. The lowest BCUT2D eigenvalue weighted by Gasteiger charge is -2.14. The summed E-state index contributed by atoms with van der Waals surface area (Å²) < 4.78 is 1.59. The van der Waals surface area contributed by atoms with Crippen LogP contribution in [0.15, 0.2) is 30.9 Å². The number of anilines is 1. The molecule has 0 aliphatic carbocycles. The van der Waals surface area contributed by atoms with Crippen molar-refractivity contribution in [3.05, 3.63) is 35.9 Å². The second-order valence-electron chi connectivity index (χ2n) is 4.64. The number of rotatable bonds is 3. The van der Waals surface area contributed by atoms with E-state index in [4.69, 9.17) is 11.6 Å². The number of nitrogens with zero attached hydrogens (tertiary/aromatic N) is 3. The summed E-state index contributed by atoms with van der Waals surface area (Å²) in [6.45, 7) is 0.879. The highest BCUT2D eigenvalue weighted by atomic mass is 35.5. The zero-order valence-corrected chi connectivity index (χ0v) is 11.5. The van der Waals surface area contributed by atoms with Gasteiger partial charge in [-0.15, -0.1) is 0 Å². The van der Waals surface area contributed by atoms with Gasteiger partial charge in [-0.25, -0.2) is 9.67 Å². The molecule has 1 atom stereocenters. The predicted octanol–water partition coefficient (Wildman–Crippen LogP) is 1.61. The van der Waals surface area contributed by atoms with E-state index in [-0.39, 0.29) is 11.9 Å². The normalized spacial score (nSPS) is 18.1. The fraction of sp³-hybridized carbons (Fsp3) is 0.308. The molecule has 2 heterocycles. The van der Waals surface area contributed by atoms with E-state index in [0.29, 0.717) is 10.7 Å². The first-order chi connectivity index (χ1) is 9.74. The smallest absolute Gasteiger partial charge is 0.241 e. The SMILES string of the molecule is O=C(Nc1cc(Cl)ccc1-n1cncn1)C1CCCN1. The van der Waals surface area contributed by atoms with Gasteiger partial charge in [-0.1, -0.05) is 11.6 Å². The number of aromatic nitrogens is 3. The Balaban J connectivity index is 1.87. The summed E-state index contributed by atoms with van der Waals surface area (Å²) in [5.41, 5.74) is 1.36. The Morgan fingerprint density at radius 3 is 3.10 bits per heavy atom. The Morgan fingerprint density at radius 1 is 1.50 bits per heavy atom. The van der Waals surface area contributed by atoms with Crippen molar-refractivity contribution in [2.45, 2.75) is 18.9 Å². The van der Waals surface area contributed by atoms with Crippen LogP contribution < -0.4 is 10.6 Å². The zero-order valence-electron chi connectivity index (χ0n) is 10.7. The van der Waals surface area contributed by atoms with Gasteiger partial charge in [0.15, 0.2) is 0 Å². The molecule has 1 saturated heterocycles. The molecule has 2 aromatic rings. The molecule has 1 fully saturated rings. The van der Waals surface area contributed by atoms with E-state index >= 15 is 0 Å². The lowest BCUT2D eigenvalue weighted by atomic mass is 10.2. The molecule has 104 valence electrons. The minimum Gasteiger partial charge on any atom is -0.323 e. The Hall–Kier alpha value is -1.92. The van der Waals surface area contributed by atoms with Gasteiger partial charge in [-0.3, -0.25) is 4.79 Å². The summed E-state index contributed by atoms with van der Waals surface area (Å²) >= 11 is 6.01. The van der Waals surface area contributed by atoms with Crippen molar-refractivity contribution < 1.29 is 4.79 Å². The topological polar surface area (TPSA) is 71.8 Å². The van der Waals surface area contributed by atoms with Crippen LogP contribution in [0, 0.1) is 0 Å². The third-order valence-electron chi connectivity index (χ3n) is 3.26. The molecule has 1 aliphatic rings. The molecule has 0 bridgehead atoms. The summed E-state index contributed by atoms with van der Waals surface area (Å²) in [5, 5.41) is 10.7. The molecule has 1 amide bonds. The van der Waals surface area contributed by atoms with E-state index in [9.17, 15) is 4.79 Å². The Bertz CT molecular complexity index is 607. The van der Waals surface area contributed by atoms with Gasteiger partial charge in [-0.2, -0.15) is 5.10 Å². The average molecular weight is 292 g/mol. The van der Waals surface area contributed by atoms with Gasteiger partial charge >= 0.3 is 0 Å². The summed E-state index contributed by atoms with van der Waals surface area (Å²) in [6, 6.07) is 5.12. The standard InChI is InChI=1S/C13H14ClN5O/c14-9-3-4-12(19-8-15-7-17-19)11(6-9)18-13(20)10-2-1-5-16-10/h3-4,6-8,10,16H,1-2,5H2,(H,18,20). The highest BCUT2D eigenvalue weighted by Gasteiger charge is 2.22. The molecule has 6 nitrogen and oxygen atoms in total. The number of carbonyl (C=O) groups excluding carboxylic acids is 1. The quantitative estimate of drug-likeness (QED) is 0.901. The van der Waals surface area contributed by atoms with Crippen molar-refractivity contribution in [1.29, 1.82) is 0 Å². The van der Waals surface area contributed by atoms with Crippen LogP contribution in [0.4, 0.5) is 5.69 Å². The van der Waals surface area contributed by atoms with Gasteiger partial charge < -0.3 is 10.6 Å². The highest BCUT2D eigenvalue weighted by molar-refractivity contribution is 6.31. The van der Waals surface area contributed by atoms with Crippen molar-refractivity contribution in [1.82, 2.24) is 20.1 Å². The van der Waals surface area contributed by atoms with Crippen LogP contribution in [0.25, 0.3) is 5.69 Å². The fourth-order valence-electron chi connectivity index (χ4n) is 2.27. The number of benzene rings is 1. The second-order valence-corrected chi connectivity index (χ2v) is 5.08. The van der Waals surface area contributed by atoms with Gasteiger partial charge in [0.25, 0.3) is 0 Å². The summed E-state index contributed by atoms with van der Waals surface area (Å²) in [5.74, 6) is -0.0499. The van der Waals surface area contributed by atoms with Crippen molar-refractivity contribution in [2.75, 3.05) is 11.9 Å². The van der Waals surface area contributed by atoms with Crippen molar-refractivity contribution >= 4 is 23.2 Å². The van der Waals surface area contributed by atoms with Crippen LogP contribution in [-0.4, -0.2) is 33.3 Å². The molecule has 0 saturated carbocycles. The minimum atomic E-state index is -0.141. The monoisotopic (exact) mass is 291 g/mol. The molecule has 2 N–H and O–H groups in total. The molecule has 0 spiro atoms. The molecular formula is C13H14ClN5O. The van der Waals surface area contributed by atoms with Gasteiger partial charge in [0.2, 0.25) is 5.91 Å². The van der Waals surface area contributed by atoms with Crippen molar-refractivity contribution in [3.63, 3.8) is 0 Å². The Morgan fingerprint density at radius 2 is 2.40 bits per heavy atom. The van der Waals surface area contributed by atoms with Crippen molar-refractivity contribution in [2.24, 2.45) is 0 Å². The van der Waals surface area contributed by atoms with Crippen LogP contribution in [0.1, 0.15) is 12.8 Å². The Labute approximate surface area is 121 Å². The first-order valence-corrected chi connectivity index (χ1v) is 6.80. The molecule has 3 rings (SSSR count). The summed E-state index contributed by atoms with van der Waals surface area (Å²) in [4.78, 5) is 16.1. The molecule has 7 heteroatoms. The highest BCUT2D eigenvalue weighted by Crippen LogP contribution is 2.24. The lowest BCUT2D eigenvalue weighted by molar-refractivity contribution is -0.117. The summed E-state index contributed by atoms with van der Waals surface area (Å²) in [7, 11) is 0. The van der Waals surface area contributed by atoms with Crippen LogP contribution in [-0.2, 0) is 4.79 Å². The van der Waals surface area contributed by atoms with Crippen LogP contribution in [0.2, 0.25) is 5.02 Å². The van der Waals surface area contributed by atoms with E-state index < -0.39 is 0 Å². The maximum Gasteiger partial charge on any atom is 0.241 e. The maximum absolute atomic E-state index is 12.2. The van der Waals surface area contributed by atoms with Gasteiger partial charge in [0.05, 0.1) is 17.4 Å². The van der Waals surface area contributed by atoms with E-state index in [2.05, 4.69) is 20.7 Å². The van der Waals surface area contributed by atoms with E-state index in [1.807, 2.05) is 0 Å². The number of hydrogen-bond donors (Lipinski definition) is 2. The van der Waals surface area contributed by atoms with E-state index in [0.717, 1.165) is 25.1 Å². The molecule has 1 unspecified atom stereocenters. The lowest BCUT2D eigenvalue weighted by Crippen LogP contribution is -2.35. The molecule has 20 heavy (non-hydrogen) atoms. The molecule has 0 radical (unpaired) electrons. The van der Waals surface area contributed by atoms with Crippen LogP contribution >= 0.6 is 11.6 Å². The minimum absolute atomic E-state index is 0.0499. The average Bonchev–Trinajstić information content (AvgIpc) is 3.12. The third kappa shape index (κ3) is 2.66. The molecule has 1 aromatic carbocycles. The van der Waals surface area contributed by atoms with Crippen LogP contribution in [0.3, 0.4) is 0 Å². The largest absolute Gasteiger partial charge is 0.323 e. The van der Waals surface area contributed by atoms with Gasteiger partial charge in [0, 0.05) is 5.02 Å². The van der Waals surface area contributed by atoms with E-state index in [1.165, 1.54) is 6.33 Å². The molecule has 1 aliphatic heterocycles. The van der Waals surface area contributed by atoms with E-state index in [1.54, 1.807) is 29.2 Å². The third-order valence-corrected chi connectivity index (χ3v) is 3.49. The van der Waals surface area contributed by atoms with Gasteiger partial charge in [0.1, 0.15) is 12.7 Å². The number of halogens is 1. The first kappa shape index (κ1) is 13.1. The predicted molar refractivity (Wildman–Crippen MR) is 76.0 cm³/mol.